The number of hydrogen-bond acceptors (Lipinski definition) is 5. The van der Waals surface area contributed by atoms with E-state index in [1.165, 1.54) is 12.1 Å². The molecule has 0 aliphatic carbocycles. The first-order chi connectivity index (χ1) is 17.6. The molecule has 184 valence electrons. The van der Waals surface area contributed by atoms with Crippen LogP contribution in [0.1, 0.15) is 12.0 Å². The number of nitrogens with two attached hydrogens (primary N) is 1. The summed E-state index contributed by atoms with van der Waals surface area (Å²) in [4.78, 5) is 9.92. The molecule has 36 heavy (non-hydrogen) atoms. The highest BCUT2D eigenvalue weighted by Gasteiger charge is 2.17. The number of rotatable bonds is 6. The molecule has 0 amide bonds. The van der Waals surface area contributed by atoms with E-state index >= 15 is 0 Å². The fourth-order valence-corrected chi connectivity index (χ4v) is 4.94. The molecule has 7 nitrogen and oxygen atoms in total. The molecular weight excluding hydrogens is 462 g/mol. The first-order valence-electron chi connectivity index (χ1n) is 12.1. The van der Waals surface area contributed by atoms with Crippen molar-refractivity contribution in [2.24, 2.45) is 0 Å². The Hall–Kier alpha value is -3.82. The second-order valence-electron chi connectivity index (χ2n) is 9.15. The van der Waals surface area contributed by atoms with Crippen LogP contribution in [0.5, 0.6) is 0 Å². The summed E-state index contributed by atoms with van der Waals surface area (Å²) in [5, 5.41) is 8.65. The van der Waals surface area contributed by atoms with Crippen molar-refractivity contribution in [2.45, 2.75) is 12.8 Å². The van der Waals surface area contributed by atoms with Gasteiger partial charge in [-0.2, -0.15) is 5.10 Å². The normalized spacial score (nSPS) is 14.7. The van der Waals surface area contributed by atoms with Gasteiger partial charge in [-0.3, -0.25) is 10.00 Å². The number of pyridine rings is 1. The molecule has 4 heterocycles. The zero-order valence-electron chi connectivity index (χ0n) is 19.7. The summed E-state index contributed by atoms with van der Waals surface area (Å²) >= 11 is 0. The maximum absolute atomic E-state index is 15.0. The number of H-pyrrole nitrogens is 2. The Morgan fingerprint density at radius 2 is 1.78 bits per heavy atom. The lowest BCUT2D eigenvalue weighted by Gasteiger charge is -2.26. The van der Waals surface area contributed by atoms with Crippen LogP contribution in [0.3, 0.4) is 0 Å². The van der Waals surface area contributed by atoms with E-state index in [1.807, 2.05) is 30.3 Å². The Kier molecular flexibility index (Phi) is 5.86. The van der Waals surface area contributed by atoms with Crippen LogP contribution in [0.15, 0.2) is 48.7 Å². The molecule has 1 saturated heterocycles. The number of nitrogens with zero attached hydrogens (tertiary/aromatic N) is 3. The fraction of sp³-hybridized carbons (Fsp3) is 0.259. The number of aromatic nitrogens is 4. The van der Waals surface area contributed by atoms with Crippen molar-refractivity contribution in [3.63, 3.8) is 0 Å². The summed E-state index contributed by atoms with van der Waals surface area (Å²) in [6, 6.07) is 12.5. The van der Waals surface area contributed by atoms with Crippen molar-refractivity contribution in [3.05, 3.63) is 65.9 Å². The highest BCUT2D eigenvalue weighted by molar-refractivity contribution is 5.99. The van der Waals surface area contributed by atoms with Gasteiger partial charge >= 0.3 is 0 Å². The predicted octanol–water partition coefficient (Wildman–Crippen LogP) is 4.90. The van der Waals surface area contributed by atoms with Crippen LogP contribution >= 0.6 is 0 Å². The summed E-state index contributed by atoms with van der Waals surface area (Å²) in [6.45, 7) is 3.96. The monoisotopic (exact) mass is 488 g/mol. The van der Waals surface area contributed by atoms with Gasteiger partial charge in [-0.25, -0.2) is 13.8 Å². The molecule has 0 bridgehead atoms. The summed E-state index contributed by atoms with van der Waals surface area (Å²) < 4.78 is 35.3. The Bertz CT molecular complexity index is 1530. The average molecular weight is 489 g/mol. The van der Waals surface area contributed by atoms with Gasteiger partial charge in [-0.05, 0) is 66.9 Å². The van der Waals surface area contributed by atoms with Crippen molar-refractivity contribution in [1.82, 2.24) is 25.1 Å². The van der Waals surface area contributed by atoms with Crippen molar-refractivity contribution in [1.29, 1.82) is 0 Å². The van der Waals surface area contributed by atoms with Crippen molar-refractivity contribution in [3.8, 4) is 22.4 Å². The molecule has 1 fully saturated rings. The van der Waals surface area contributed by atoms with Crippen LogP contribution in [-0.2, 0) is 11.2 Å². The molecule has 9 heteroatoms. The minimum atomic E-state index is -0.528. The SMILES string of the molecule is Nc1n[nH]c2ccc(-c3ccnc4[nH]c(-c5cc(F)c(CCCN6CCOCC6)c(F)c5)cc34)cc12. The second kappa shape index (κ2) is 9.33. The van der Waals surface area contributed by atoms with E-state index in [0.717, 1.165) is 47.1 Å². The predicted molar refractivity (Wildman–Crippen MR) is 137 cm³/mol. The van der Waals surface area contributed by atoms with Crippen LogP contribution in [-0.4, -0.2) is 57.9 Å². The summed E-state index contributed by atoms with van der Waals surface area (Å²) in [5.74, 6) is -0.623. The van der Waals surface area contributed by atoms with Gasteiger partial charge in [0.25, 0.3) is 0 Å². The maximum Gasteiger partial charge on any atom is 0.153 e. The van der Waals surface area contributed by atoms with E-state index in [-0.39, 0.29) is 5.56 Å². The van der Waals surface area contributed by atoms with Gasteiger partial charge in [0.05, 0.1) is 18.7 Å². The maximum atomic E-state index is 15.0. The van der Waals surface area contributed by atoms with Gasteiger partial charge < -0.3 is 15.5 Å². The number of ether oxygens (including phenoxy) is 1. The number of benzene rings is 2. The topological polar surface area (TPSA) is 95.8 Å². The molecule has 6 rings (SSSR count). The number of aromatic amines is 2. The van der Waals surface area contributed by atoms with Gasteiger partial charge in [0, 0.05) is 46.9 Å². The molecule has 1 aliphatic heterocycles. The molecular formula is C27H26F2N6O. The molecule has 0 spiro atoms. The fourth-order valence-electron chi connectivity index (χ4n) is 4.94. The second-order valence-corrected chi connectivity index (χ2v) is 9.15. The van der Waals surface area contributed by atoms with Gasteiger partial charge in [0.2, 0.25) is 0 Å². The summed E-state index contributed by atoms with van der Waals surface area (Å²) in [7, 11) is 0. The number of nitrogens with one attached hydrogen (secondary N) is 2. The van der Waals surface area contributed by atoms with Crippen molar-refractivity contribution < 1.29 is 13.5 Å². The van der Waals surface area contributed by atoms with E-state index < -0.39 is 11.6 Å². The zero-order chi connectivity index (χ0) is 24.6. The van der Waals surface area contributed by atoms with Crippen LogP contribution in [0.4, 0.5) is 14.6 Å². The Morgan fingerprint density at radius 1 is 0.972 bits per heavy atom. The van der Waals surface area contributed by atoms with Gasteiger partial charge in [-0.15, -0.1) is 0 Å². The number of anilines is 1. The first kappa shape index (κ1) is 22.6. The molecule has 0 saturated carbocycles. The Labute approximate surface area is 206 Å². The summed E-state index contributed by atoms with van der Waals surface area (Å²) in [6.07, 6.45) is 2.76. The molecule has 1 aliphatic rings. The Morgan fingerprint density at radius 3 is 2.58 bits per heavy atom. The van der Waals surface area contributed by atoms with E-state index in [4.69, 9.17) is 10.5 Å². The third kappa shape index (κ3) is 4.20. The largest absolute Gasteiger partial charge is 0.382 e. The number of morpholine rings is 1. The lowest BCUT2D eigenvalue weighted by molar-refractivity contribution is 0.0374. The number of fused-ring (bicyclic) bond motifs is 2. The molecule has 4 N–H and O–H groups in total. The van der Waals surface area contributed by atoms with Gasteiger partial charge in [0.15, 0.2) is 5.82 Å². The third-order valence-electron chi connectivity index (χ3n) is 6.89. The zero-order valence-corrected chi connectivity index (χ0v) is 19.7. The first-order valence-corrected chi connectivity index (χ1v) is 12.1. The lowest BCUT2D eigenvalue weighted by atomic mass is 10.0. The number of hydrogen-bond donors (Lipinski definition) is 3. The highest BCUT2D eigenvalue weighted by Crippen LogP contribution is 2.34. The summed E-state index contributed by atoms with van der Waals surface area (Å²) in [5.41, 5.74) is 10.5. The number of halogens is 2. The van der Waals surface area contributed by atoms with E-state index in [9.17, 15) is 8.78 Å². The smallest absolute Gasteiger partial charge is 0.153 e. The molecule has 2 aromatic carbocycles. The highest BCUT2D eigenvalue weighted by atomic mass is 19.1. The van der Waals surface area contributed by atoms with Crippen molar-refractivity contribution in [2.75, 3.05) is 38.6 Å². The molecule has 5 aromatic rings. The van der Waals surface area contributed by atoms with Crippen LogP contribution in [0.2, 0.25) is 0 Å². The van der Waals surface area contributed by atoms with Crippen molar-refractivity contribution >= 4 is 27.8 Å². The van der Waals surface area contributed by atoms with E-state index in [2.05, 4.69) is 25.1 Å². The molecule has 3 aromatic heterocycles. The van der Waals surface area contributed by atoms with Gasteiger partial charge in [0.1, 0.15) is 17.3 Å². The van der Waals surface area contributed by atoms with E-state index in [0.29, 0.717) is 48.8 Å². The third-order valence-corrected chi connectivity index (χ3v) is 6.89. The van der Waals surface area contributed by atoms with Crippen LogP contribution in [0, 0.1) is 11.6 Å². The minimum Gasteiger partial charge on any atom is -0.382 e. The lowest BCUT2D eigenvalue weighted by Crippen LogP contribution is -2.37. The van der Waals surface area contributed by atoms with Crippen LogP contribution in [0.25, 0.3) is 44.3 Å². The quantitative estimate of drug-likeness (QED) is 0.316. The van der Waals surface area contributed by atoms with E-state index in [1.54, 1.807) is 6.20 Å². The van der Waals surface area contributed by atoms with Crippen LogP contribution < -0.4 is 5.73 Å². The molecule has 0 atom stereocenters. The standard InChI is InChI=1S/C27H26F2N6O/c28-22-13-17(14-23(29)19(22)2-1-7-35-8-10-36-11-9-35)25-15-20-18(5-6-31-27(20)32-25)16-3-4-24-21(12-16)26(30)34-33-24/h3-6,12-15H,1-2,7-11H2,(H,31,32)(H3,30,33,34). The molecule has 0 radical (unpaired) electrons. The average Bonchev–Trinajstić information content (AvgIpc) is 3.49. The minimum absolute atomic E-state index is 0.132. The molecule has 0 unspecified atom stereocenters. The van der Waals surface area contributed by atoms with Gasteiger partial charge in [-0.1, -0.05) is 6.07 Å². The Balaban J connectivity index is 1.28. The number of nitrogen functional groups attached to an aromatic ring is 1.